The number of rotatable bonds is 6. The molecule has 1 aromatic carbocycles. The molecule has 0 spiro atoms. The maximum atomic E-state index is 9.58. The molecular formula is C16H25NOS. The summed E-state index contributed by atoms with van der Waals surface area (Å²) in [5.41, 5.74) is 1.12. The first kappa shape index (κ1) is 14.7. The predicted octanol–water partition coefficient (Wildman–Crippen LogP) is 4.29. The van der Waals surface area contributed by atoms with Crippen molar-refractivity contribution in [2.24, 2.45) is 0 Å². The van der Waals surface area contributed by atoms with E-state index in [0.29, 0.717) is 6.54 Å². The van der Waals surface area contributed by atoms with Crippen molar-refractivity contribution in [1.82, 2.24) is 0 Å². The Morgan fingerprint density at radius 1 is 1.32 bits per heavy atom. The number of benzene rings is 1. The van der Waals surface area contributed by atoms with Crippen LogP contribution in [0.15, 0.2) is 29.2 Å². The minimum Gasteiger partial charge on any atom is -0.391 e. The fraction of sp³-hybridized carbons (Fsp3) is 0.625. The lowest BCUT2D eigenvalue weighted by atomic mass is 10.0. The molecule has 19 heavy (non-hydrogen) atoms. The second-order valence-electron chi connectivity index (χ2n) is 5.35. The number of aliphatic hydroxyl groups is 1. The Bertz CT molecular complexity index is 377. The minimum atomic E-state index is -0.255. The van der Waals surface area contributed by atoms with Gasteiger partial charge in [0.2, 0.25) is 0 Å². The molecule has 0 amide bonds. The van der Waals surface area contributed by atoms with Gasteiger partial charge in [0.1, 0.15) is 0 Å². The highest BCUT2D eigenvalue weighted by Gasteiger charge is 2.14. The number of hydrogen-bond donors (Lipinski definition) is 2. The Morgan fingerprint density at radius 2 is 2.11 bits per heavy atom. The lowest BCUT2D eigenvalue weighted by molar-refractivity contribution is 0.183. The van der Waals surface area contributed by atoms with Crippen molar-refractivity contribution >= 4 is 17.4 Å². The molecular weight excluding hydrogens is 254 g/mol. The van der Waals surface area contributed by atoms with Crippen LogP contribution in [0.5, 0.6) is 0 Å². The Labute approximate surface area is 121 Å². The quantitative estimate of drug-likeness (QED) is 0.814. The third-order valence-electron chi connectivity index (χ3n) is 3.70. The summed E-state index contributed by atoms with van der Waals surface area (Å²) in [5, 5.41) is 13.7. The van der Waals surface area contributed by atoms with Gasteiger partial charge in [-0.1, -0.05) is 32.3 Å². The van der Waals surface area contributed by atoms with Gasteiger partial charge in [-0.15, -0.1) is 11.8 Å². The SMILES string of the molecule is CCC(O)CNc1cccc(SC2CCCCC2)c1. The van der Waals surface area contributed by atoms with Gasteiger partial charge < -0.3 is 10.4 Å². The van der Waals surface area contributed by atoms with E-state index in [4.69, 9.17) is 0 Å². The van der Waals surface area contributed by atoms with E-state index in [1.165, 1.54) is 37.0 Å². The second-order valence-corrected chi connectivity index (χ2v) is 6.72. The van der Waals surface area contributed by atoms with E-state index in [1.54, 1.807) is 0 Å². The number of nitrogens with one attached hydrogen (secondary N) is 1. The summed E-state index contributed by atoms with van der Waals surface area (Å²) in [6.07, 6.45) is 7.44. The summed E-state index contributed by atoms with van der Waals surface area (Å²) in [6.45, 7) is 2.63. The summed E-state index contributed by atoms with van der Waals surface area (Å²) >= 11 is 2.02. The van der Waals surface area contributed by atoms with Gasteiger partial charge in [-0.25, -0.2) is 0 Å². The van der Waals surface area contributed by atoms with Gasteiger partial charge in [0.15, 0.2) is 0 Å². The molecule has 0 saturated heterocycles. The van der Waals surface area contributed by atoms with Crippen molar-refractivity contribution in [1.29, 1.82) is 0 Å². The van der Waals surface area contributed by atoms with Gasteiger partial charge in [-0.05, 0) is 37.5 Å². The van der Waals surface area contributed by atoms with Crippen molar-refractivity contribution in [2.75, 3.05) is 11.9 Å². The van der Waals surface area contributed by atoms with Crippen molar-refractivity contribution in [3.8, 4) is 0 Å². The normalized spacial score (nSPS) is 18.2. The largest absolute Gasteiger partial charge is 0.391 e. The lowest BCUT2D eigenvalue weighted by Crippen LogP contribution is -2.18. The molecule has 2 rings (SSSR count). The summed E-state index contributed by atoms with van der Waals surface area (Å²) in [5.74, 6) is 0. The molecule has 106 valence electrons. The molecule has 2 nitrogen and oxygen atoms in total. The number of aliphatic hydroxyl groups excluding tert-OH is 1. The Morgan fingerprint density at radius 3 is 2.84 bits per heavy atom. The van der Waals surface area contributed by atoms with E-state index in [-0.39, 0.29) is 6.10 Å². The zero-order valence-corrected chi connectivity index (χ0v) is 12.6. The van der Waals surface area contributed by atoms with Gasteiger partial charge in [0.25, 0.3) is 0 Å². The van der Waals surface area contributed by atoms with Crippen LogP contribution in [0.2, 0.25) is 0 Å². The number of thioether (sulfide) groups is 1. The molecule has 1 saturated carbocycles. The van der Waals surface area contributed by atoms with E-state index in [0.717, 1.165) is 17.4 Å². The topological polar surface area (TPSA) is 32.3 Å². The van der Waals surface area contributed by atoms with Gasteiger partial charge in [0, 0.05) is 22.4 Å². The maximum Gasteiger partial charge on any atom is 0.0709 e. The highest BCUT2D eigenvalue weighted by Crippen LogP contribution is 2.34. The van der Waals surface area contributed by atoms with Crippen molar-refractivity contribution in [3.63, 3.8) is 0 Å². The molecule has 0 aliphatic heterocycles. The molecule has 3 heteroatoms. The van der Waals surface area contributed by atoms with Gasteiger partial charge >= 0.3 is 0 Å². The second kappa shape index (κ2) is 7.81. The Balaban J connectivity index is 1.87. The lowest BCUT2D eigenvalue weighted by Gasteiger charge is -2.21. The van der Waals surface area contributed by atoms with Crippen LogP contribution in [-0.4, -0.2) is 23.0 Å². The van der Waals surface area contributed by atoms with Crippen LogP contribution in [0.3, 0.4) is 0 Å². The van der Waals surface area contributed by atoms with Gasteiger partial charge in [-0.3, -0.25) is 0 Å². The summed E-state index contributed by atoms with van der Waals surface area (Å²) < 4.78 is 0. The highest BCUT2D eigenvalue weighted by molar-refractivity contribution is 8.00. The van der Waals surface area contributed by atoms with E-state index in [2.05, 4.69) is 29.6 Å². The molecule has 1 aliphatic carbocycles. The maximum absolute atomic E-state index is 9.58. The van der Waals surface area contributed by atoms with E-state index in [1.807, 2.05) is 18.7 Å². The summed E-state index contributed by atoms with van der Waals surface area (Å²) in [4.78, 5) is 1.35. The standard InChI is InChI=1S/C16H25NOS/c1-2-14(18)12-17-13-7-6-10-16(11-13)19-15-8-4-3-5-9-15/h6-7,10-11,14-15,17-18H,2-5,8-9,12H2,1H3. The fourth-order valence-electron chi connectivity index (χ4n) is 2.43. The fourth-order valence-corrected chi connectivity index (χ4v) is 3.74. The van der Waals surface area contributed by atoms with Crippen LogP contribution in [0.25, 0.3) is 0 Å². The van der Waals surface area contributed by atoms with Crippen LogP contribution >= 0.6 is 11.8 Å². The molecule has 1 fully saturated rings. The molecule has 1 atom stereocenters. The molecule has 1 unspecified atom stereocenters. The van der Waals surface area contributed by atoms with Gasteiger partial charge in [0.05, 0.1) is 6.10 Å². The zero-order chi connectivity index (χ0) is 13.5. The molecule has 0 radical (unpaired) electrons. The van der Waals surface area contributed by atoms with Gasteiger partial charge in [-0.2, -0.15) is 0 Å². The molecule has 1 aromatic rings. The molecule has 0 heterocycles. The zero-order valence-electron chi connectivity index (χ0n) is 11.8. The van der Waals surface area contributed by atoms with Crippen LogP contribution in [0.4, 0.5) is 5.69 Å². The third-order valence-corrected chi connectivity index (χ3v) is 5.03. The summed E-state index contributed by atoms with van der Waals surface area (Å²) in [7, 11) is 0. The Kier molecular flexibility index (Phi) is 6.05. The van der Waals surface area contributed by atoms with Crippen LogP contribution in [-0.2, 0) is 0 Å². The first-order valence-electron chi connectivity index (χ1n) is 7.46. The first-order chi connectivity index (χ1) is 9.28. The Hall–Kier alpha value is -0.670. The number of anilines is 1. The van der Waals surface area contributed by atoms with E-state index in [9.17, 15) is 5.11 Å². The summed E-state index contributed by atoms with van der Waals surface area (Å²) in [6, 6.07) is 8.58. The first-order valence-corrected chi connectivity index (χ1v) is 8.34. The van der Waals surface area contributed by atoms with Crippen molar-refractivity contribution in [3.05, 3.63) is 24.3 Å². The molecule has 2 N–H and O–H groups in total. The van der Waals surface area contributed by atoms with Crippen LogP contribution < -0.4 is 5.32 Å². The average Bonchev–Trinajstić information content (AvgIpc) is 2.46. The smallest absolute Gasteiger partial charge is 0.0709 e. The number of hydrogen-bond acceptors (Lipinski definition) is 3. The van der Waals surface area contributed by atoms with E-state index < -0.39 is 0 Å². The molecule has 0 bridgehead atoms. The monoisotopic (exact) mass is 279 g/mol. The average molecular weight is 279 g/mol. The van der Waals surface area contributed by atoms with Crippen LogP contribution in [0.1, 0.15) is 45.4 Å². The van der Waals surface area contributed by atoms with E-state index >= 15 is 0 Å². The highest BCUT2D eigenvalue weighted by atomic mass is 32.2. The molecule has 1 aliphatic rings. The minimum absolute atomic E-state index is 0.255. The molecule has 0 aromatic heterocycles. The van der Waals surface area contributed by atoms with Crippen LogP contribution in [0, 0.1) is 0 Å². The third kappa shape index (κ3) is 5.07. The van der Waals surface area contributed by atoms with Crippen molar-refractivity contribution < 1.29 is 5.11 Å². The van der Waals surface area contributed by atoms with Crippen molar-refractivity contribution in [2.45, 2.75) is 61.7 Å². The predicted molar refractivity (Wildman–Crippen MR) is 84.0 cm³/mol.